The van der Waals surface area contributed by atoms with Gasteiger partial charge in [0.2, 0.25) is 0 Å². The Hall–Kier alpha value is -4.18. The summed E-state index contributed by atoms with van der Waals surface area (Å²) in [5, 5.41) is 23.6. The van der Waals surface area contributed by atoms with Gasteiger partial charge in [0.05, 0.1) is 18.1 Å². The van der Waals surface area contributed by atoms with E-state index in [1.54, 1.807) is 19.2 Å². The second kappa shape index (κ2) is 11.7. The number of nitrogens with one attached hydrogen (secondary N) is 1. The van der Waals surface area contributed by atoms with Crippen molar-refractivity contribution in [1.82, 2.24) is 20.1 Å². The van der Waals surface area contributed by atoms with Crippen molar-refractivity contribution in [2.24, 2.45) is 0 Å². The van der Waals surface area contributed by atoms with Gasteiger partial charge in [0.25, 0.3) is 11.6 Å². The summed E-state index contributed by atoms with van der Waals surface area (Å²) >= 11 is 1.47. The first-order valence-corrected chi connectivity index (χ1v) is 13.4. The molecule has 202 valence electrons. The number of ether oxygens (including phenoxy) is 1. The van der Waals surface area contributed by atoms with Gasteiger partial charge in [-0.05, 0) is 59.9 Å². The summed E-state index contributed by atoms with van der Waals surface area (Å²) in [6.07, 6.45) is 0. The fourth-order valence-electron chi connectivity index (χ4n) is 4.00. The SMILES string of the molecule is COc1cccc(CSc2nnc(C(C)NC(=O)c3ccc(C(C)(C)C)cc3)n2-c2ccc([N+](=O)[O-])cc2)c1. The van der Waals surface area contributed by atoms with E-state index in [1.807, 2.05) is 60.0 Å². The number of thioether (sulfide) groups is 1. The number of amides is 1. The lowest BCUT2D eigenvalue weighted by Gasteiger charge is -2.19. The number of benzene rings is 3. The molecular formula is C29H31N5O4S. The molecule has 0 fully saturated rings. The van der Waals surface area contributed by atoms with Crippen molar-refractivity contribution in [3.8, 4) is 11.4 Å². The molecule has 10 heteroatoms. The smallest absolute Gasteiger partial charge is 0.269 e. The third-order valence-corrected chi connectivity index (χ3v) is 7.23. The second-order valence-electron chi connectivity index (χ2n) is 10.1. The Kier molecular flexibility index (Phi) is 8.35. The second-order valence-corrected chi connectivity index (χ2v) is 11.1. The molecule has 9 nitrogen and oxygen atoms in total. The van der Waals surface area contributed by atoms with Crippen LogP contribution in [0.3, 0.4) is 0 Å². The Morgan fingerprint density at radius 3 is 2.38 bits per heavy atom. The minimum absolute atomic E-state index is 0.0115. The number of nitro benzene ring substituents is 1. The Morgan fingerprint density at radius 2 is 1.77 bits per heavy atom. The van der Waals surface area contributed by atoms with Crippen molar-refractivity contribution in [1.29, 1.82) is 0 Å². The van der Waals surface area contributed by atoms with Crippen LogP contribution in [0, 0.1) is 10.1 Å². The van der Waals surface area contributed by atoms with E-state index in [2.05, 4.69) is 36.3 Å². The zero-order chi connectivity index (χ0) is 28.2. The van der Waals surface area contributed by atoms with Gasteiger partial charge in [-0.25, -0.2) is 0 Å². The molecule has 1 heterocycles. The fourth-order valence-corrected chi connectivity index (χ4v) is 4.90. The van der Waals surface area contributed by atoms with Crippen LogP contribution in [0.15, 0.2) is 78.0 Å². The maximum atomic E-state index is 13.1. The van der Waals surface area contributed by atoms with E-state index >= 15 is 0 Å². The van der Waals surface area contributed by atoms with Crippen LogP contribution in [-0.4, -0.2) is 32.7 Å². The predicted octanol–water partition coefficient (Wildman–Crippen LogP) is 6.26. The van der Waals surface area contributed by atoms with Crippen LogP contribution in [0.1, 0.15) is 61.0 Å². The highest BCUT2D eigenvalue weighted by atomic mass is 32.2. The van der Waals surface area contributed by atoms with E-state index in [9.17, 15) is 14.9 Å². The number of carbonyl (C=O) groups is 1. The molecule has 0 aliphatic heterocycles. The molecule has 0 aliphatic carbocycles. The molecule has 1 aromatic heterocycles. The first kappa shape index (κ1) is 27.8. The van der Waals surface area contributed by atoms with Gasteiger partial charge < -0.3 is 10.1 Å². The van der Waals surface area contributed by atoms with Gasteiger partial charge in [-0.1, -0.05) is 56.8 Å². The average Bonchev–Trinajstić information content (AvgIpc) is 3.35. The number of methoxy groups -OCH3 is 1. The number of aromatic nitrogens is 3. The number of nitrogens with zero attached hydrogens (tertiary/aromatic N) is 4. The average molecular weight is 546 g/mol. The highest BCUT2D eigenvalue weighted by Gasteiger charge is 2.23. The normalized spacial score (nSPS) is 12.1. The first-order valence-electron chi connectivity index (χ1n) is 12.4. The number of carbonyl (C=O) groups excluding carboxylic acids is 1. The molecule has 4 rings (SSSR count). The predicted molar refractivity (Wildman–Crippen MR) is 152 cm³/mol. The monoisotopic (exact) mass is 545 g/mol. The molecule has 39 heavy (non-hydrogen) atoms. The van der Waals surface area contributed by atoms with Crippen LogP contribution in [0.4, 0.5) is 5.69 Å². The first-order chi connectivity index (χ1) is 18.6. The number of hydrogen-bond donors (Lipinski definition) is 1. The molecule has 0 saturated carbocycles. The van der Waals surface area contributed by atoms with Crippen molar-refractivity contribution in [2.75, 3.05) is 7.11 Å². The number of non-ortho nitro benzene ring substituents is 1. The van der Waals surface area contributed by atoms with Gasteiger partial charge in [-0.3, -0.25) is 19.5 Å². The molecule has 0 aliphatic rings. The van der Waals surface area contributed by atoms with Crippen LogP contribution < -0.4 is 10.1 Å². The van der Waals surface area contributed by atoms with E-state index in [1.165, 1.54) is 23.9 Å². The molecule has 0 bridgehead atoms. The summed E-state index contributed by atoms with van der Waals surface area (Å²) < 4.78 is 7.15. The molecule has 4 aromatic rings. The highest BCUT2D eigenvalue weighted by molar-refractivity contribution is 7.98. The van der Waals surface area contributed by atoms with Gasteiger partial charge in [-0.2, -0.15) is 0 Å². The van der Waals surface area contributed by atoms with Gasteiger partial charge in [0.1, 0.15) is 5.75 Å². The molecule has 3 aromatic carbocycles. The third kappa shape index (κ3) is 6.64. The maximum Gasteiger partial charge on any atom is 0.269 e. The summed E-state index contributed by atoms with van der Waals surface area (Å²) in [5.74, 6) is 1.64. The van der Waals surface area contributed by atoms with Crippen LogP contribution in [-0.2, 0) is 11.2 Å². The molecule has 0 saturated heterocycles. The number of nitro groups is 1. The summed E-state index contributed by atoms with van der Waals surface area (Å²) in [5.41, 5.74) is 3.36. The number of hydrogen-bond acceptors (Lipinski definition) is 7. The van der Waals surface area contributed by atoms with E-state index in [0.717, 1.165) is 16.9 Å². The van der Waals surface area contributed by atoms with E-state index < -0.39 is 11.0 Å². The lowest BCUT2D eigenvalue weighted by atomic mass is 9.86. The van der Waals surface area contributed by atoms with Crippen molar-refractivity contribution in [3.63, 3.8) is 0 Å². The Balaban J connectivity index is 1.61. The quantitative estimate of drug-likeness (QED) is 0.150. The van der Waals surface area contributed by atoms with Crippen LogP contribution in [0.5, 0.6) is 5.75 Å². The van der Waals surface area contributed by atoms with E-state index in [4.69, 9.17) is 4.74 Å². The zero-order valence-electron chi connectivity index (χ0n) is 22.5. The summed E-state index contributed by atoms with van der Waals surface area (Å²) in [6, 6.07) is 21.0. The summed E-state index contributed by atoms with van der Waals surface area (Å²) in [6.45, 7) is 8.21. The number of rotatable bonds is 9. The van der Waals surface area contributed by atoms with Crippen molar-refractivity contribution < 1.29 is 14.5 Å². The van der Waals surface area contributed by atoms with E-state index in [0.29, 0.717) is 28.0 Å². The van der Waals surface area contributed by atoms with Crippen molar-refractivity contribution in [3.05, 3.63) is 105 Å². The minimum Gasteiger partial charge on any atom is -0.497 e. The molecular weight excluding hydrogens is 514 g/mol. The molecule has 0 spiro atoms. The topological polar surface area (TPSA) is 112 Å². The lowest BCUT2D eigenvalue weighted by molar-refractivity contribution is -0.384. The fraction of sp³-hybridized carbons (Fsp3) is 0.276. The van der Waals surface area contributed by atoms with Gasteiger partial charge in [0, 0.05) is 29.1 Å². The molecule has 1 unspecified atom stereocenters. The summed E-state index contributed by atoms with van der Waals surface area (Å²) in [7, 11) is 1.62. The van der Waals surface area contributed by atoms with Gasteiger partial charge in [0.15, 0.2) is 11.0 Å². The standard InChI is InChI=1S/C29H31N5O4S/c1-19(30-27(35)21-9-11-22(12-10-21)29(2,3)4)26-31-32-28(39-18-20-7-6-8-25(17-20)38-5)33(26)23-13-15-24(16-14-23)34(36)37/h6-17,19H,18H2,1-5H3,(H,30,35). The van der Waals surface area contributed by atoms with E-state index in [-0.39, 0.29) is 17.0 Å². The van der Waals surface area contributed by atoms with Crippen molar-refractivity contribution >= 4 is 23.4 Å². The van der Waals surface area contributed by atoms with Gasteiger partial charge >= 0.3 is 0 Å². The minimum atomic E-state index is -0.492. The van der Waals surface area contributed by atoms with Crippen molar-refractivity contribution in [2.45, 2.75) is 50.1 Å². The molecule has 1 amide bonds. The van der Waals surface area contributed by atoms with Gasteiger partial charge in [-0.15, -0.1) is 10.2 Å². The van der Waals surface area contributed by atoms with Crippen LogP contribution >= 0.6 is 11.8 Å². The molecule has 1 atom stereocenters. The highest BCUT2D eigenvalue weighted by Crippen LogP contribution is 2.29. The zero-order valence-corrected chi connectivity index (χ0v) is 23.4. The Labute approximate surface area is 231 Å². The lowest BCUT2D eigenvalue weighted by Crippen LogP contribution is -2.28. The molecule has 1 N–H and O–H groups in total. The summed E-state index contributed by atoms with van der Waals surface area (Å²) in [4.78, 5) is 23.8. The van der Waals surface area contributed by atoms with Crippen LogP contribution in [0.25, 0.3) is 5.69 Å². The Bertz CT molecular complexity index is 1460. The largest absolute Gasteiger partial charge is 0.497 e. The van der Waals surface area contributed by atoms with Crippen LogP contribution in [0.2, 0.25) is 0 Å². The molecule has 0 radical (unpaired) electrons. The Morgan fingerprint density at radius 1 is 1.08 bits per heavy atom. The maximum absolute atomic E-state index is 13.1. The third-order valence-electron chi connectivity index (χ3n) is 6.23.